The van der Waals surface area contributed by atoms with Gasteiger partial charge in [-0.3, -0.25) is 9.59 Å². The van der Waals surface area contributed by atoms with Crippen LogP contribution in [0.1, 0.15) is 49.7 Å². The molecule has 0 bridgehead atoms. The first-order valence-corrected chi connectivity index (χ1v) is 9.71. The third-order valence-electron chi connectivity index (χ3n) is 5.30. The molecule has 1 fully saturated rings. The van der Waals surface area contributed by atoms with Gasteiger partial charge in [0.15, 0.2) is 6.61 Å². The fourth-order valence-corrected chi connectivity index (χ4v) is 3.75. The van der Waals surface area contributed by atoms with Gasteiger partial charge in [-0.2, -0.15) is 0 Å². The molecule has 4 nitrogen and oxygen atoms in total. The van der Waals surface area contributed by atoms with Crippen molar-refractivity contribution in [2.75, 3.05) is 6.61 Å². The van der Waals surface area contributed by atoms with E-state index < -0.39 is 11.9 Å². The van der Waals surface area contributed by atoms with Crippen LogP contribution in [0.15, 0.2) is 60.7 Å². The number of amides is 1. The summed E-state index contributed by atoms with van der Waals surface area (Å²) in [6.07, 6.45) is 4.49. The number of carbonyl (C=O) groups excluding carboxylic acids is 2. The normalized spacial score (nSPS) is 19.5. The van der Waals surface area contributed by atoms with Gasteiger partial charge in [-0.25, -0.2) is 0 Å². The summed E-state index contributed by atoms with van der Waals surface area (Å²) in [5.41, 5.74) is 1.71. The molecule has 2 aromatic carbocycles. The number of ether oxygens (including phenoxy) is 1. The Balaban J connectivity index is 1.64. The maximum atomic E-state index is 12.8. The second-order valence-electron chi connectivity index (χ2n) is 7.30. The number of hydrogen-bond donors (Lipinski definition) is 1. The van der Waals surface area contributed by atoms with Crippen molar-refractivity contribution in [3.8, 4) is 0 Å². The highest BCUT2D eigenvalue weighted by Gasteiger charge is 2.26. The van der Waals surface area contributed by atoms with Crippen LogP contribution in [0, 0.1) is 5.92 Å². The lowest BCUT2D eigenvalue weighted by atomic mass is 9.86. The van der Waals surface area contributed by atoms with Gasteiger partial charge in [0, 0.05) is 6.04 Å². The quantitative estimate of drug-likeness (QED) is 0.786. The molecule has 2 aromatic rings. The zero-order valence-corrected chi connectivity index (χ0v) is 15.8. The molecule has 4 heteroatoms. The topological polar surface area (TPSA) is 55.4 Å². The van der Waals surface area contributed by atoms with E-state index in [4.69, 9.17) is 4.74 Å². The summed E-state index contributed by atoms with van der Waals surface area (Å²) in [5.74, 6) is -0.685. The highest BCUT2D eigenvalue weighted by molar-refractivity contribution is 5.85. The summed E-state index contributed by atoms with van der Waals surface area (Å²) in [4.78, 5) is 25.1. The number of rotatable bonds is 6. The Labute approximate surface area is 160 Å². The van der Waals surface area contributed by atoms with E-state index in [0.29, 0.717) is 5.92 Å². The molecular formula is C23H27NO3. The first-order valence-electron chi connectivity index (χ1n) is 9.71. The average molecular weight is 365 g/mol. The third kappa shape index (κ3) is 5.19. The van der Waals surface area contributed by atoms with Crippen molar-refractivity contribution in [3.63, 3.8) is 0 Å². The summed E-state index contributed by atoms with van der Waals surface area (Å²) in [7, 11) is 0. The van der Waals surface area contributed by atoms with Crippen molar-refractivity contribution in [1.82, 2.24) is 5.32 Å². The van der Waals surface area contributed by atoms with E-state index in [1.807, 2.05) is 60.7 Å². The number of esters is 1. The first kappa shape index (κ1) is 19.2. The fraction of sp³-hybridized carbons (Fsp3) is 0.391. The number of hydrogen-bond acceptors (Lipinski definition) is 3. The third-order valence-corrected chi connectivity index (χ3v) is 5.30. The molecule has 1 aliphatic carbocycles. The van der Waals surface area contributed by atoms with Gasteiger partial charge in [0.05, 0.1) is 0 Å². The lowest BCUT2D eigenvalue weighted by molar-refractivity contribution is -0.149. The molecule has 0 aliphatic heterocycles. The van der Waals surface area contributed by atoms with Gasteiger partial charge in [-0.15, -0.1) is 0 Å². The van der Waals surface area contributed by atoms with Gasteiger partial charge >= 0.3 is 5.97 Å². The van der Waals surface area contributed by atoms with E-state index in [2.05, 4.69) is 12.2 Å². The van der Waals surface area contributed by atoms with Crippen molar-refractivity contribution in [2.24, 2.45) is 5.92 Å². The number of carbonyl (C=O) groups is 2. The van der Waals surface area contributed by atoms with E-state index in [1.165, 1.54) is 6.42 Å². The molecule has 3 rings (SSSR count). The monoisotopic (exact) mass is 365 g/mol. The van der Waals surface area contributed by atoms with Crippen LogP contribution >= 0.6 is 0 Å². The molecule has 1 saturated carbocycles. The van der Waals surface area contributed by atoms with E-state index >= 15 is 0 Å². The molecule has 1 N–H and O–H groups in total. The molecule has 0 saturated heterocycles. The van der Waals surface area contributed by atoms with Crippen LogP contribution in [-0.4, -0.2) is 24.5 Å². The molecular weight excluding hydrogens is 338 g/mol. The molecule has 0 heterocycles. The number of benzene rings is 2. The zero-order valence-electron chi connectivity index (χ0n) is 15.8. The van der Waals surface area contributed by atoms with Gasteiger partial charge in [0.1, 0.15) is 5.92 Å². The maximum Gasteiger partial charge on any atom is 0.318 e. The molecule has 142 valence electrons. The van der Waals surface area contributed by atoms with E-state index in [-0.39, 0.29) is 18.6 Å². The van der Waals surface area contributed by atoms with E-state index in [1.54, 1.807) is 0 Å². The van der Waals surface area contributed by atoms with E-state index in [9.17, 15) is 9.59 Å². The van der Waals surface area contributed by atoms with Crippen LogP contribution in [0.5, 0.6) is 0 Å². The summed E-state index contributed by atoms with van der Waals surface area (Å²) in [5, 5.41) is 3.03. The summed E-state index contributed by atoms with van der Waals surface area (Å²) in [6, 6.07) is 19.2. The van der Waals surface area contributed by atoms with Gasteiger partial charge in [0.2, 0.25) is 0 Å². The van der Waals surface area contributed by atoms with Crippen LogP contribution in [0.3, 0.4) is 0 Å². The molecule has 2 unspecified atom stereocenters. The molecule has 2 atom stereocenters. The smallest absolute Gasteiger partial charge is 0.318 e. The lowest BCUT2D eigenvalue weighted by Crippen LogP contribution is -2.43. The van der Waals surface area contributed by atoms with Crippen LogP contribution in [-0.2, 0) is 14.3 Å². The standard InChI is InChI=1S/C23H27NO3/c1-17-10-8-9-15-20(17)24-21(25)16-27-23(26)22(18-11-4-2-5-12-18)19-13-6-3-7-14-19/h2-7,11-14,17,20,22H,8-10,15-16H2,1H3,(H,24,25). The summed E-state index contributed by atoms with van der Waals surface area (Å²) < 4.78 is 5.40. The second kappa shape index (κ2) is 9.36. The molecule has 27 heavy (non-hydrogen) atoms. The number of nitrogens with one attached hydrogen (secondary N) is 1. The Bertz CT molecular complexity index is 705. The Morgan fingerprint density at radius 3 is 2.07 bits per heavy atom. The van der Waals surface area contributed by atoms with Crippen molar-refractivity contribution >= 4 is 11.9 Å². The minimum atomic E-state index is -0.534. The van der Waals surface area contributed by atoms with Gasteiger partial charge in [-0.05, 0) is 29.9 Å². The summed E-state index contributed by atoms with van der Waals surface area (Å²) >= 11 is 0. The minimum absolute atomic E-state index is 0.184. The van der Waals surface area contributed by atoms with Crippen molar-refractivity contribution in [3.05, 3.63) is 71.8 Å². The summed E-state index contributed by atoms with van der Waals surface area (Å²) in [6.45, 7) is 1.93. The maximum absolute atomic E-state index is 12.8. The Morgan fingerprint density at radius 1 is 0.963 bits per heavy atom. The molecule has 0 aromatic heterocycles. The molecule has 1 aliphatic rings. The van der Waals surface area contributed by atoms with Gasteiger partial charge in [-0.1, -0.05) is 80.4 Å². The average Bonchev–Trinajstić information content (AvgIpc) is 2.70. The van der Waals surface area contributed by atoms with Crippen molar-refractivity contribution < 1.29 is 14.3 Å². The van der Waals surface area contributed by atoms with Crippen LogP contribution in [0.2, 0.25) is 0 Å². The van der Waals surface area contributed by atoms with Gasteiger partial charge < -0.3 is 10.1 Å². The van der Waals surface area contributed by atoms with Gasteiger partial charge in [0.25, 0.3) is 5.91 Å². The first-order chi connectivity index (χ1) is 13.1. The van der Waals surface area contributed by atoms with Crippen LogP contribution < -0.4 is 5.32 Å². The predicted molar refractivity (Wildman–Crippen MR) is 105 cm³/mol. The lowest BCUT2D eigenvalue weighted by Gasteiger charge is -2.29. The highest BCUT2D eigenvalue weighted by atomic mass is 16.5. The Hall–Kier alpha value is -2.62. The van der Waals surface area contributed by atoms with Crippen LogP contribution in [0.25, 0.3) is 0 Å². The molecule has 0 radical (unpaired) electrons. The SMILES string of the molecule is CC1CCCCC1NC(=O)COC(=O)C(c1ccccc1)c1ccccc1. The largest absolute Gasteiger partial charge is 0.455 e. The van der Waals surface area contributed by atoms with Crippen LogP contribution in [0.4, 0.5) is 0 Å². The Kier molecular flexibility index (Phi) is 6.64. The minimum Gasteiger partial charge on any atom is -0.455 e. The Morgan fingerprint density at radius 2 is 1.52 bits per heavy atom. The molecule has 0 spiro atoms. The highest BCUT2D eigenvalue weighted by Crippen LogP contribution is 2.26. The predicted octanol–water partition coefficient (Wildman–Crippen LogP) is 4.06. The van der Waals surface area contributed by atoms with E-state index in [0.717, 1.165) is 30.4 Å². The fourth-order valence-electron chi connectivity index (χ4n) is 3.75. The van der Waals surface area contributed by atoms with Crippen molar-refractivity contribution in [2.45, 2.75) is 44.6 Å². The molecule has 1 amide bonds. The second-order valence-corrected chi connectivity index (χ2v) is 7.30. The van der Waals surface area contributed by atoms with Crippen molar-refractivity contribution in [1.29, 1.82) is 0 Å². The zero-order chi connectivity index (χ0) is 19.1.